The van der Waals surface area contributed by atoms with Crippen LogP contribution >= 0.6 is 0 Å². The molecule has 1 saturated carbocycles. The number of nitrogens with zero attached hydrogens (tertiary/aromatic N) is 1. The standard InChI is InChI=1S/C12H15NO3S/c1-10-3-5-11(6-4-10)17(15,16)13(2)12(9-14)7-8-12/h3-6,9H,7-8H2,1-2H3. The summed E-state index contributed by atoms with van der Waals surface area (Å²) < 4.78 is 25.7. The van der Waals surface area contributed by atoms with Crippen molar-refractivity contribution >= 4 is 16.3 Å². The van der Waals surface area contributed by atoms with Gasteiger partial charge in [0.05, 0.1) is 10.4 Å². The lowest BCUT2D eigenvalue weighted by Gasteiger charge is -2.22. The van der Waals surface area contributed by atoms with E-state index in [0.717, 1.165) is 11.8 Å². The van der Waals surface area contributed by atoms with Crippen LogP contribution in [0.5, 0.6) is 0 Å². The van der Waals surface area contributed by atoms with Crippen LogP contribution in [0, 0.1) is 6.92 Å². The highest BCUT2D eigenvalue weighted by Gasteiger charge is 2.51. The summed E-state index contributed by atoms with van der Waals surface area (Å²) in [6, 6.07) is 6.65. The molecule has 2 rings (SSSR count). The van der Waals surface area contributed by atoms with Gasteiger partial charge in [0.1, 0.15) is 6.29 Å². The first-order chi connectivity index (χ1) is 7.92. The van der Waals surface area contributed by atoms with Crippen molar-refractivity contribution < 1.29 is 13.2 Å². The highest BCUT2D eigenvalue weighted by atomic mass is 32.2. The first-order valence-corrected chi connectivity index (χ1v) is 6.88. The fraction of sp³-hybridized carbons (Fsp3) is 0.417. The van der Waals surface area contributed by atoms with Crippen LogP contribution in [0.2, 0.25) is 0 Å². The first kappa shape index (κ1) is 12.3. The quantitative estimate of drug-likeness (QED) is 0.761. The van der Waals surface area contributed by atoms with E-state index in [1.165, 1.54) is 11.4 Å². The number of carbonyl (C=O) groups excluding carboxylic acids is 1. The van der Waals surface area contributed by atoms with Gasteiger partial charge >= 0.3 is 0 Å². The van der Waals surface area contributed by atoms with E-state index in [0.29, 0.717) is 12.8 Å². The highest BCUT2D eigenvalue weighted by molar-refractivity contribution is 7.89. The van der Waals surface area contributed by atoms with E-state index < -0.39 is 15.6 Å². The zero-order valence-corrected chi connectivity index (χ0v) is 10.7. The van der Waals surface area contributed by atoms with E-state index in [-0.39, 0.29) is 4.90 Å². The van der Waals surface area contributed by atoms with Crippen LogP contribution in [0.1, 0.15) is 18.4 Å². The van der Waals surface area contributed by atoms with Crippen molar-refractivity contribution in [3.8, 4) is 0 Å². The van der Waals surface area contributed by atoms with E-state index >= 15 is 0 Å². The zero-order chi connectivity index (χ0) is 12.7. The molecule has 1 fully saturated rings. The third kappa shape index (κ3) is 2.00. The molecule has 0 unspecified atom stereocenters. The van der Waals surface area contributed by atoms with Crippen molar-refractivity contribution in [2.75, 3.05) is 7.05 Å². The van der Waals surface area contributed by atoms with E-state index in [1.807, 2.05) is 6.92 Å². The van der Waals surface area contributed by atoms with Gasteiger partial charge in [0.25, 0.3) is 0 Å². The predicted molar refractivity (Wildman–Crippen MR) is 64.2 cm³/mol. The third-order valence-corrected chi connectivity index (χ3v) is 5.24. The van der Waals surface area contributed by atoms with Crippen LogP contribution in [0.25, 0.3) is 0 Å². The Balaban J connectivity index is 2.37. The minimum atomic E-state index is -3.56. The van der Waals surface area contributed by atoms with Gasteiger partial charge < -0.3 is 4.79 Å². The molecule has 0 amide bonds. The average Bonchev–Trinajstić information content (AvgIpc) is 3.09. The summed E-state index contributed by atoms with van der Waals surface area (Å²) >= 11 is 0. The Morgan fingerprint density at radius 1 is 1.24 bits per heavy atom. The molecule has 0 bridgehead atoms. The number of hydrogen-bond acceptors (Lipinski definition) is 3. The predicted octanol–water partition coefficient (Wildman–Crippen LogP) is 1.35. The summed E-state index contributed by atoms with van der Waals surface area (Å²) in [5, 5.41) is 0. The second kappa shape index (κ2) is 3.92. The fourth-order valence-corrected chi connectivity index (χ4v) is 3.24. The summed E-state index contributed by atoms with van der Waals surface area (Å²) in [4.78, 5) is 11.2. The molecule has 0 saturated heterocycles. The van der Waals surface area contributed by atoms with Gasteiger partial charge in [0.15, 0.2) is 0 Å². The Kier molecular flexibility index (Phi) is 2.83. The van der Waals surface area contributed by atoms with Gasteiger partial charge in [-0.25, -0.2) is 8.42 Å². The molecular weight excluding hydrogens is 238 g/mol. The number of benzene rings is 1. The molecule has 0 spiro atoms. The van der Waals surface area contributed by atoms with Crippen molar-refractivity contribution in [2.24, 2.45) is 0 Å². The van der Waals surface area contributed by atoms with Crippen molar-refractivity contribution in [3.05, 3.63) is 29.8 Å². The van der Waals surface area contributed by atoms with Crippen LogP contribution in [0.15, 0.2) is 29.2 Å². The number of likely N-dealkylation sites (N-methyl/N-ethyl adjacent to an activating group) is 1. The Hall–Kier alpha value is -1.20. The van der Waals surface area contributed by atoms with Gasteiger partial charge in [-0.15, -0.1) is 0 Å². The SMILES string of the molecule is Cc1ccc(S(=O)(=O)N(C)C2(C=O)CC2)cc1. The largest absolute Gasteiger partial charge is 0.301 e. The summed E-state index contributed by atoms with van der Waals surface area (Å²) in [6.07, 6.45) is 1.95. The molecule has 0 aliphatic heterocycles. The number of carbonyl (C=O) groups is 1. The molecule has 1 aromatic rings. The second-order valence-electron chi connectivity index (χ2n) is 4.51. The molecule has 0 atom stereocenters. The molecule has 5 heteroatoms. The fourth-order valence-electron chi connectivity index (χ4n) is 1.74. The lowest BCUT2D eigenvalue weighted by Crippen LogP contribution is -2.40. The van der Waals surface area contributed by atoms with Crippen LogP contribution in [-0.2, 0) is 14.8 Å². The Morgan fingerprint density at radius 3 is 2.18 bits per heavy atom. The molecule has 1 aromatic carbocycles. The summed E-state index contributed by atoms with van der Waals surface area (Å²) in [5.41, 5.74) is 0.201. The van der Waals surface area contributed by atoms with E-state index in [4.69, 9.17) is 0 Å². The second-order valence-corrected chi connectivity index (χ2v) is 6.48. The van der Waals surface area contributed by atoms with Gasteiger partial charge in [-0.3, -0.25) is 0 Å². The molecule has 1 aliphatic rings. The number of rotatable bonds is 4. The molecule has 1 aliphatic carbocycles. The minimum absolute atomic E-state index is 0.235. The molecule has 0 heterocycles. The van der Waals surface area contributed by atoms with E-state index in [9.17, 15) is 13.2 Å². The monoisotopic (exact) mass is 253 g/mol. The molecule has 4 nitrogen and oxygen atoms in total. The molecule has 0 N–H and O–H groups in total. The van der Waals surface area contributed by atoms with Crippen LogP contribution < -0.4 is 0 Å². The lowest BCUT2D eigenvalue weighted by molar-refractivity contribution is -0.111. The average molecular weight is 253 g/mol. The number of hydrogen-bond donors (Lipinski definition) is 0. The van der Waals surface area contributed by atoms with Gasteiger partial charge in [0, 0.05) is 7.05 Å². The maximum atomic E-state index is 12.3. The van der Waals surface area contributed by atoms with Crippen LogP contribution in [0.4, 0.5) is 0 Å². The number of sulfonamides is 1. The number of aldehydes is 1. The van der Waals surface area contributed by atoms with Gasteiger partial charge in [0.2, 0.25) is 10.0 Å². The van der Waals surface area contributed by atoms with Gasteiger partial charge in [-0.2, -0.15) is 4.31 Å². The Bertz CT molecular complexity index is 529. The minimum Gasteiger partial charge on any atom is -0.301 e. The Morgan fingerprint density at radius 2 is 1.76 bits per heavy atom. The smallest absolute Gasteiger partial charge is 0.243 e. The van der Waals surface area contributed by atoms with Crippen molar-refractivity contribution in [1.82, 2.24) is 4.31 Å². The molecular formula is C12H15NO3S. The van der Waals surface area contributed by atoms with Crippen LogP contribution in [0.3, 0.4) is 0 Å². The van der Waals surface area contributed by atoms with Gasteiger partial charge in [-0.05, 0) is 31.9 Å². The number of aryl methyl sites for hydroxylation is 1. The maximum absolute atomic E-state index is 12.3. The van der Waals surface area contributed by atoms with E-state index in [2.05, 4.69) is 0 Å². The highest BCUT2D eigenvalue weighted by Crippen LogP contribution is 2.41. The first-order valence-electron chi connectivity index (χ1n) is 5.44. The summed E-state index contributed by atoms with van der Waals surface area (Å²) in [7, 11) is -2.09. The van der Waals surface area contributed by atoms with Crippen molar-refractivity contribution in [2.45, 2.75) is 30.2 Å². The normalized spacial score (nSPS) is 18.1. The topological polar surface area (TPSA) is 54.5 Å². The van der Waals surface area contributed by atoms with Crippen molar-refractivity contribution in [3.63, 3.8) is 0 Å². The summed E-state index contributed by atoms with van der Waals surface area (Å²) in [6.45, 7) is 1.90. The van der Waals surface area contributed by atoms with Gasteiger partial charge in [-0.1, -0.05) is 17.7 Å². The third-order valence-electron chi connectivity index (χ3n) is 3.29. The zero-order valence-electron chi connectivity index (χ0n) is 9.88. The Labute approximate surface area is 101 Å². The molecule has 17 heavy (non-hydrogen) atoms. The molecule has 92 valence electrons. The maximum Gasteiger partial charge on any atom is 0.243 e. The lowest BCUT2D eigenvalue weighted by atomic mass is 10.2. The van der Waals surface area contributed by atoms with Crippen molar-refractivity contribution in [1.29, 1.82) is 0 Å². The summed E-state index contributed by atoms with van der Waals surface area (Å²) in [5.74, 6) is 0. The van der Waals surface area contributed by atoms with E-state index in [1.54, 1.807) is 24.3 Å². The molecule has 0 radical (unpaired) electrons. The molecule has 0 aromatic heterocycles. The van der Waals surface area contributed by atoms with Crippen LogP contribution in [-0.4, -0.2) is 31.6 Å².